The van der Waals surface area contributed by atoms with Gasteiger partial charge in [-0.15, -0.1) is 0 Å². The van der Waals surface area contributed by atoms with Crippen LogP contribution in [-0.4, -0.2) is 40.9 Å². The van der Waals surface area contributed by atoms with Gasteiger partial charge in [0.05, 0.1) is 6.04 Å². The van der Waals surface area contributed by atoms with E-state index in [1.807, 2.05) is 0 Å². The van der Waals surface area contributed by atoms with Gasteiger partial charge in [0, 0.05) is 49.0 Å². The van der Waals surface area contributed by atoms with Crippen LogP contribution in [0.2, 0.25) is 0 Å². The van der Waals surface area contributed by atoms with Crippen molar-refractivity contribution in [3.63, 3.8) is 0 Å². The molecule has 1 aliphatic heterocycles. The van der Waals surface area contributed by atoms with Crippen LogP contribution in [0.4, 0.5) is 4.39 Å². The molecule has 1 saturated heterocycles. The van der Waals surface area contributed by atoms with Gasteiger partial charge in [0.15, 0.2) is 0 Å². The fourth-order valence-corrected chi connectivity index (χ4v) is 3.42. The summed E-state index contributed by atoms with van der Waals surface area (Å²) in [6.45, 7) is 7.67. The Labute approximate surface area is 129 Å². The summed E-state index contributed by atoms with van der Waals surface area (Å²) >= 11 is 2.41. The molecule has 0 N–H and O–H groups in total. The van der Waals surface area contributed by atoms with E-state index in [0.717, 1.165) is 19.6 Å². The van der Waals surface area contributed by atoms with Crippen molar-refractivity contribution in [1.29, 1.82) is 0 Å². The summed E-state index contributed by atoms with van der Waals surface area (Å²) in [6.07, 6.45) is 0. The summed E-state index contributed by atoms with van der Waals surface area (Å²) in [4.78, 5) is 2.23. The molecule has 19 heavy (non-hydrogen) atoms. The lowest BCUT2D eigenvalue weighted by molar-refractivity contribution is 0.146. The highest BCUT2D eigenvalue weighted by Crippen LogP contribution is 2.33. The number of rotatable bonds is 4. The molecule has 1 atom stereocenters. The van der Waals surface area contributed by atoms with Gasteiger partial charge < -0.3 is 0 Å². The number of hydrogen-bond acceptors (Lipinski definition) is 2. The average Bonchev–Trinajstić information content (AvgIpc) is 2.41. The van der Waals surface area contributed by atoms with Gasteiger partial charge in [-0.3, -0.25) is 4.90 Å². The lowest BCUT2D eigenvalue weighted by atomic mass is 9.92. The van der Waals surface area contributed by atoms with E-state index in [1.54, 1.807) is 0 Å². The van der Waals surface area contributed by atoms with Crippen LogP contribution in [0, 0.1) is 0 Å². The lowest BCUT2D eigenvalue weighted by Gasteiger charge is -2.39. The standard InChI is InChI=1S/C15H22FIN2/c1-12(2)13-5-3-4-6-14(13)15-11-18(8-7-16)9-10-19(15)17/h3-6,12,15H,7-11H2,1-2H3. The van der Waals surface area contributed by atoms with Crippen molar-refractivity contribution >= 4 is 22.9 Å². The molecule has 0 bridgehead atoms. The van der Waals surface area contributed by atoms with Gasteiger partial charge in [0.1, 0.15) is 6.67 Å². The van der Waals surface area contributed by atoms with E-state index in [2.05, 4.69) is 69.0 Å². The van der Waals surface area contributed by atoms with Crippen molar-refractivity contribution < 1.29 is 4.39 Å². The predicted octanol–water partition coefficient (Wildman–Crippen LogP) is 3.79. The largest absolute Gasteiger partial charge is 0.298 e. The number of hydrogen-bond donors (Lipinski definition) is 0. The van der Waals surface area contributed by atoms with Crippen molar-refractivity contribution in [2.75, 3.05) is 32.9 Å². The highest BCUT2D eigenvalue weighted by Gasteiger charge is 2.28. The molecule has 1 aromatic carbocycles. The number of nitrogens with zero attached hydrogens (tertiary/aromatic N) is 2. The van der Waals surface area contributed by atoms with Crippen LogP contribution >= 0.6 is 22.9 Å². The van der Waals surface area contributed by atoms with Crippen LogP contribution < -0.4 is 0 Å². The van der Waals surface area contributed by atoms with Gasteiger partial charge in [0.2, 0.25) is 0 Å². The molecule has 0 aliphatic carbocycles. The minimum absolute atomic E-state index is 0.250. The topological polar surface area (TPSA) is 6.48 Å². The van der Waals surface area contributed by atoms with E-state index in [-0.39, 0.29) is 6.67 Å². The first-order valence-corrected chi connectivity index (χ1v) is 7.89. The number of benzene rings is 1. The molecular formula is C15H22FIN2. The quantitative estimate of drug-likeness (QED) is 0.583. The average molecular weight is 376 g/mol. The van der Waals surface area contributed by atoms with Crippen molar-refractivity contribution in [2.45, 2.75) is 25.8 Å². The Morgan fingerprint density at radius 2 is 2.05 bits per heavy atom. The maximum atomic E-state index is 12.6. The molecule has 0 saturated carbocycles. The lowest BCUT2D eigenvalue weighted by Crippen LogP contribution is -2.45. The summed E-state index contributed by atoms with van der Waals surface area (Å²) in [6, 6.07) is 9.04. The summed E-state index contributed by atoms with van der Waals surface area (Å²) in [5, 5.41) is 0. The van der Waals surface area contributed by atoms with Crippen LogP contribution in [-0.2, 0) is 0 Å². The van der Waals surface area contributed by atoms with Crippen LogP contribution in [0.15, 0.2) is 24.3 Å². The zero-order chi connectivity index (χ0) is 13.8. The second-order valence-electron chi connectivity index (χ2n) is 5.41. The maximum Gasteiger partial charge on any atom is 0.102 e. The summed E-state index contributed by atoms with van der Waals surface area (Å²) in [5.41, 5.74) is 2.81. The Balaban J connectivity index is 2.23. The Bertz CT molecular complexity index is 411. The van der Waals surface area contributed by atoms with Gasteiger partial charge in [-0.2, -0.15) is 0 Å². The number of piperazine rings is 1. The first kappa shape index (κ1) is 15.2. The van der Waals surface area contributed by atoms with E-state index >= 15 is 0 Å². The Kier molecular flexibility index (Phi) is 5.59. The van der Waals surface area contributed by atoms with Crippen LogP contribution in [0.3, 0.4) is 0 Å². The highest BCUT2D eigenvalue weighted by molar-refractivity contribution is 14.1. The van der Waals surface area contributed by atoms with E-state index in [4.69, 9.17) is 0 Å². The predicted molar refractivity (Wildman–Crippen MR) is 86.4 cm³/mol. The molecule has 1 fully saturated rings. The van der Waals surface area contributed by atoms with Gasteiger partial charge in [-0.25, -0.2) is 7.50 Å². The van der Waals surface area contributed by atoms with E-state index in [0.29, 0.717) is 18.5 Å². The third-order valence-corrected chi connectivity index (χ3v) is 4.93. The van der Waals surface area contributed by atoms with Crippen LogP contribution in [0.1, 0.15) is 36.9 Å². The Hall–Kier alpha value is -0.200. The van der Waals surface area contributed by atoms with Gasteiger partial charge in [-0.1, -0.05) is 38.1 Å². The zero-order valence-corrected chi connectivity index (χ0v) is 13.8. The third kappa shape index (κ3) is 3.67. The van der Waals surface area contributed by atoms with E-state index < -0.39 is 0 Å². The molecule has 4 heteroatoms. The molecule has 0 amide bonds. The second kappa shape index (κ2) is 6.99. The second-order valence-corrected chi connectivity index (χ2v) is 6.65. The fourth-order valence-electron chi connectivity index (χ4n) is 2.73. The van der Waals surface area contributed by atoms with Crippen molar-refractivity contribution in [3.05, 3.63) is 35.4 Å². The summed E-state index contributed by atoms with van der Waals surface area (Å²) in [5.74, 6) is 0.526. The maximum absolute atomic E-state index is 12.6. The van der Waals surface area contributed by atoms with Crippen LogP contribution in [0.25, 0.3) is 0 Å². The first-order valence-electron chi connectivity index (χ1n) is 6.93. The van der Waals surface area contributed by atoms with Crippen molar-refractivity contribution in [3.8, 4) is 0 Å². The minimum Gasteiger partial charge on any atom is -0.298 e. The Morgan fingerprint density at radius 1 is 1.32 bits per heavy atom. The molecule has 0 spiro atoms. The molecule has 1 unspecified atom stereocenters. The molecule has 0 radical (unpaired) electrons. The third-order valence-electron chi connectivity index (χ3n) is 3.78. The fraction of sp³-hybridized carbons (Fsp3) is 0.600. The Morgan fingerprint density at radius 3 is 2.74 bits per heavy atom. The highest BCUT2D eigenvalue weighted by atomic mass is 127. The molecule has 106 valence electrons. The van der Waals surface area contributed by atoms with Crippen molar-refractivity contribution in [2.24, 2.45) is 0 Å². The van der Waals surface area contributed by atoms with Gasteiger partial charge in [0.25, 0.3) is 0 Å². The van der Waals surface area contributed by atoms with Gasteiger partial charge >= 0.3 is 0 Å². The molecule has 1 aliphatic rings. The van der Waals surface area contributed by atoms with E-state index in [1.165, 1.54) is 11.1 Å². The monoisotopic (exact) mass is 376 g/mol. The van der Waals surface area contributed by atoms with Crippen molar-refractivity contribution in [1.82, 2.24) is 8.01 Å². The molecule has 1 heterocycles. The molecule has 2 nitrogen and oxygen atoms in total. The minimum atomic E-state index is -0.250. The smallest absolute Gasteiger partial charge is 0.102 e. The normalized spacial score (nSPS) is 22.1. The summed E-state index contributed by atoms with van der Waals surface area (Å²) < 4.78 is 14.9. The van der Waals surface area contributed by atoms with E-state index in [9.17, 15) is 4.39 Å². The summed E-state index contributed by atoms with van der Waals surface area (Å²) in [7, 11) is 0. The first-order chi connectivity index (χ1) is 9.13. The zero-order valence-electron chi connectivity index (χ0n) is 11.6. The SMILES string of the molecule is CC(C)c1ccccc1C1CN(CCF)CCN1I. The number of alkyl halides is 1. The van der Waals surface area contributed by atoms with Gasteiger partial charge in [-0.05, 0) is 17.0 Å². The molecule has 1 aromatic rings. The molecular weight excluding hydrogens is 354 g/mol. The molecule has 0 aromatic heterocycles. The molecule has 2 rings (SSSR count). The van der Waals surface area contributed by atoms with Crippen LogP contribution in [0.5, 0.6) is 0 Å². The number of halogens is 2.